The Morgan fingerprint density at radius 2 is 2.21 bits per heavy atom. The number of benzene rings is 1. The molecule has 2 aliphatic rings. The number of carbonyl (C=O) groups excluding carboxylic acids is 1. The fourth-order valence-electron chi connectivity index (χ4n) is 2.83. The maximum atomic E-state index is 11.9. The van der Waals surface area contributed by atoms with Crippen LogP contribution >= 0.6 is 0 Å². The lowest BCUT2D eigenvalue weighted by Crippen LogP contribution is -2.24. The molecule has 1 aliphatic heterocycles. The first-order chi connectivity index (χ1) is 11.8. The van der Waals surface area contributed by atoms with E-state index in [1.54, 1.807) is 12.1 Å². The highest BCUT2D eigenvalue weighted by Gasteiger charge is 2.18. The topological polar surface area (TPSA) is 86.5 Å². The zero-order chi connectivity index (χ0) is 16.4. The molecule has 2 aromatic rings. The molecule has 1 aliphatic carbocycles. The fourth-order valence-corrected chi connectivity index (χ4v) is 2.83. The minimum Gasteiger partial charge on any atom is -0.454 e. The number of fused-ring (bicyclic) bond motifs is 1. The van der Waals surface area contributed by atoms with Gasteiger partial charge in [0.05, 0.1) is 6.54 Å². The number of ether oxygens (including phenoxy) is 2. The molecule has 4 rings (SSSR count). The first kappa shape index (κ1) is 14.7. The number of hydrogen-bond acceptors (Lipinski definition) is 6. The van der Waals surface area contributed by atoms with Gasteiger partial charge in [0.15, 0.2) is 17.3 Å². The van der Waals surface area contributed by atoms with Crippen LogP contribution in [0, 0.1) is 5.92 Å². The molecule has 1 atom stereocenters. The Kier molecular flexibility index (Phi) is 3.90. The van der Waals surface area contributed by atoms with Crippen LogP contribution in [-0.4, -0.2) is 22.8 Å². The molecule has 0 bridgehead atoms. The van der Waals surface area contributed by atoms with Gasteiger partial charge in [-0.25, -0.2) is 0 Å². The quantitative estimate of drug-likeness (QED) is 0.849. The van der Waals surface area contributed by atoms with E-state index in [1.807, 2.05) is 6.07 Å². The Bertz CT molecular complexity index is 784. The lowest BCUT2D eigenvalue weighted by molar-refractivity contribution is -0.121. The maximum Gasteiger partial charge on any atom is 0.258 e. The average Bonchev–Trinajstić information content (AvgIpc) is 3.33. The van der Waals surface area contributed by atoms with Crippen LogP contribution in [-0.2, 0) is 11.3 Å². The number of aromatic nitrogens is 2. The summed E-state index contributed by atoms with van der Waals surface area (Å²) in [6, 6.07) is 5.43. The van der Waals surface area contributed by atoms with Gasteiger partial charge in [-0.15, -0.1) is 0 Å². The lowest BCUT2D eigenvalue weighted by atomic mass is 10.1. The van der Waals surface area contributed by atoms with Gasteiger partial charge in [-0.2, -0.15) is 4.98 Å². The summed E-state index contributed by atoms with van der Waals surface area (Å²) in [5, 5.41) is 6.73. The monoisotopic (exact) mass is 327 g/mol. The van der Waals surface area contributed by atoms with Crippen LogP contribution in [0.25, 0.3) is 11.5 Å². The van der Waals surface area contributed by atoms with E-state index in [-0.39, 0.29) is 19.2 Å². The highest BCUT2D eigenvalue weighted by atomic mass is 16.7. The number of nitrogens with one attached hydrogen (secondary N) is 1. The van der Waals surface area contributed by atoms with Gasteiger partial charge in [0, 0.05) is 12.0 Å². The van der Waals surface area contributed by atoms with E-state index in [0.717, 1.165) is 18.4 Å². The number of hydrogen-bond donors (Lipinski definition) is 1. The molecular weight excluding hydrogens is 310 g/mol. The number of nitrogens with zero attached hydrogens (tertiary/aromatic N) is 2. The fraction of sp³-hybridized carbons (Fsp3) is 0.353. The van der Waals surface area contributed by atoms with Crippen molar-refractivity contribution in [3.8, 4) is 23.0 Å². The summed E-state index contributed by atoms with van der Waals surface area (Å²) in [6.07, 6.45) is 6.83. The summed E-state index contributed by atoms with van der Waals surface area (Å²) >= 11 is 0. The molecule has 0 spiro atoms. The van der Waals surface area contributed by atoms with Crippen molar-refractivity contribution in [2.75, 3.05) is 6.79 Å². The second kappa shape index (κ2) is 6.35. The van der Waals surface area contributed by atoms with Crippen molar-refractivity contribution < 1.29 is 18.8 Å². The van der Waals surface area contributed by atoms with Gasteiger partial charge in [0.2, 0.25) is 12.7 Å². The van der Waals surface area contributed by atoms with E-state index < -0.39 is 0 Å². The molecule has 1 N–H and O–H groups in total. The van der Waals surface area contributed by atoms with Crippen molar-refractivity contribution >= 4 is 5.91 Å². The molecule has 1 aromatic carbocycles. The van der Waals surface area contributed by atoms with Crippen LogP contribution < -0.4 is 14.8 Å². The maximum absolute atomic E-state index is 11.9. The minimum absolute atomic E-state index is 0.000907. The average molecular weight is 327 g/mol. The number of amides is 1. The predicted octanol–water partition coefficient (Wildman–Crippen LogP) is 2.44. The van der Waals surface area contributed by atoms with Crippen molar-refractivity contribution in [1.82, 2.24) is 15.5 Å². The molecule has 7 heteroatoms. The van der Waals surface area contributed by atoms with Gasteiger partial charge in [-0.05, 0) is 37.0 Å². The van der Waals surface area contributed by atoms with E-state index in [1.165, 1.54) is 0 Å². The molecule has 0 radical (unpaired) electrons. The van der Waals surface area contributed by atoms with Gasteiger partial charge in [0.1, 0.15) is 0 Å². The second-order valence-corrected chi connectivity index (χ2v) is 5.83. The molecule has 1 amide bonds. The Morgan fingerprint density at radius 3 is 3.08 bits per heavy atom. The summed E-state index contributed by atoms with van der Waals surface area (Å²) in [4.78, 5) is 16.2. The minimum atomic E-state index is 0.000907. The van der Waals surface area contributed by atoms with Crippen molar-refractivity contribution in [2.45, 2.75) is 25.8 Å². The van der Waals surface area contributed by atoms with Crippen molar-refractivity contribution in [1.29, 1.82) is 0 Å². The standard InChI is InChI=1S/C17H17N3O4/c21-16(7-11-3-1-2-4-11)18-9-15-19-17(24-20-15)12-5-6-13-14(8-12)23-10-22-13/h1,3,5-6,8,11H,2,4,7,9-10H2,(H,18,21). The summed E-state index contributed by atoms with van der Waals surface area (Å²) in [7, 11) is 0. The van der Waals surface area contributed by atoms with E-state index in [2.05, 4.69) is 27.6 Å². The molecule has 0 saturated carbocycles. The second-order valence-electron chi connectivity index (χ2n) is 5.83. The van der Waals surface area contributed by atoms with E-state index in [4.69, 9.17) is 14.0 Å². The first-order valence-electron chi connectivity index (χ1n) is 7.94. The predicted molar refractivity (Wildman–Crippen MR) is 84.2 cm³/mol. The van der Waals surface area contributed by atoms with Crippen molar-refractivity contribution in [2.24, 2.45) is 5.92 Å². The third-order valence-corrected chi connectivity index (χ3v) is 4.09. The smallest absolute Gasteiger partial charge is 0.258 e. The van der Waals surface area contributed by atoms with Crippen LogP contribution in [0.3, 0.4) is 0 Å². The van der Waals surface area contributed by atoms with Crippen molar-refractivity contribution in [3.63, 3.8) is 0 Å². The van der Waals surface area contributed by atoms with Gasteiger partial charge in [-0.1, -0.05) is 17.3 Å². The SMILES string of the molecule is O=C(CC1C=CCC1)NCc1noc(-c2ccc3c(c2)OCO3)n1. The molecule has 1 aromatic heterocycles. The zero-order valence-electron chi connectivity index (χ0n) is 13.0. The molecule has 24 heavy (non-hydrogen) atoms. The highest BCUT2D eigenvalue weighted by Crippen LogP contribution is 2.35. The molecule has 0 saturated heterocycles. The summed E-state index contributed by atoms with van der Waals surface area (Å²) in [5.41, 5.74) is 0.750. The van der Waals surface area contributed by atoms with Crippen LogP contribution in [0.2, 0.25) is 0 Å². The molecule has 7 nitrogen and oxygen atoms in total. The van der Waals surface area contributed by atoms with Gasteiger partial charge >= 0.3 is 0 Å². The Morgan fingerprint density at radius 1 is 1.29 bits per heavy atom. The lowest BCUT2D eigenvalue weighted by Gasteiger charge is -2.06. The van der Waals surface area contributed by atoms with Crippen LogP contribution in [0.4, 0.5) is 0 Å². The normalized spacial score (nSPS) is 18.1. The molecule has 0 fully saturated rings. The number of allylic oxidation sites excluding steroid dienone is 2. The van der Waals surface area contributed by atoms with Gasteiger partial charge < -0.3 is 19.3 Å². The van der Waals surface area contributed by atoms with Gasteiger partial charge in [0.25, 0.3) is 5.89 Å². The molecule has 2 heterocycles. The first-order valence-corrected chi connectivity index (χ1v) is 7.94. The van der Waals surface area contributed by atoms with Gasteiger partial charge in [-0.3, -0.25) is 4.79 Å². The molecule has 1 unspecified atom stereocenters. The van der Waals surface area contributed by atoms with E-state index in [0.29, 0.717) is 35.6 Å². The third kappa shape index (κ3) is 3.10. The van der Waals surface area contributed by atoms with Crippen LogP contribution in [0.15, 0.2) is 34.9 Å². The summed E-state index contributed by atoms with van der Waals surface area (Å²) < 4.78 is 15.9. The summed E-state index contributed by atoms with van der Waals surface area (Å²) in [6.45, 7) is 0.472. The third-order valence-electron chi connectivity index (χ3n) is 4.09. The van der Waals surface area contributed by atoms with Crippen molar-refractivity contribution in [3.05, 3.63) is 36.2 Å². The largest absolute Gasteiger partial charge is 0.454 e. The Balaban J connectivity index is 1.36. The van der Waals surface area contributed by atoms with Crippen LogP contribution in [0.5, 0.6) is 11.5 Å². The molecule has 124 valence electrons. The van der Waals surface area contributed by atoms with E-state index in [9.17, 15) is 4.79 Å². The number of carbonyl (C=O) groups is 1. The highest BCUT2D eigenvalue weighted by molar-refractivity contribution is 5.76. The Labute approximate surface area is 138 Å². The molecular formula is C17H17N3O4. The van der Waals surface area contributed by atoms with Crippen LogP contribution in [0.1, 0.15) is 25.1 Å². The zero-order valence-corrected chi connectivity index (χ0v) is 13.0. The van der Waals surface area contributed by atoms with E-state index >= 15 is 0 Å². The summed E-state index contributed by atoms with van der Waals surface area (Å²) in [5.74, 6) is 2.53. The Hall–Kier alpha value is -2.83. The number of rotatable bonds is 5.